The monoisotopic (exact) mass is 379 g/mol. The molecule has 1 N–H and O–H groups in total. The molecular formula is C14H13F4N3O3S. The number of carbonyl (C=O) groups is 1. The van der Waals surface area contributed by atoms with E-state index in [1.807, 2.05) is 4.72 Å². The lowest BCUT2D eigenvalue weighted by Crippen LogP contribution is -2.35. The SMILES string of the molecule is CCC(c1nnc(C)o1)[S+]([O-])NC(=O)c1ccc(C(F)(F)F)cc1F. The third-order valence-corrected chi connectivity index (χ3v) is 4.62. The lowest BCUT2D eigenvalue weighted by Gasteiger charge is -2.17. The first-order valence-electron chi connectivity index (χ1n) is 7.01. The molecule has 0 aliphatic carbocycles. The molecule has 0 saturated carbocycles. The van der Waals surface area contributed by atoms with Gasteiger partial charge in [0.25, 0.3) is 11.8 Å². The van der Waals surface area contributed by atoms with Crippen LogP contribution in [0.25, 0.3) is 0 Å². The topological polar surface area (TPSA) is 91.1 Å². The molecule has 0 aliphatic heterocycles. The van der Waals surface area contributed by atoms with Crippen molar-refractivity contribution < 1.29 is 31.3 Å². The number of rotatable bonds is 5. The molecular weight excluding hydrogens is 366 g/mol. The molecule has 0 bridgehead atoms. The van der Waals surface area contributed by atoms with Gasteiger partial charge >= 0.3 is 6.18 Å². The van der Waals surface area contributed by atoms with Gasteiger partial charge in [0.05, 0.1) is 22.5 Å². The Kier molecular flexibility index (Phi) is 5.68. The highest BCUT2D eigenvalue weighted by atomic mass is 32.2. The van der Waals surface area contributed by atoms with Crippen molar-refractivity contribution in [2.45, 2.75) is 31.7 Å². The molecule has 136 valence electrons. The molecule has 0 spiro atoms. The van der Waals surface area contributed by atoms with Crippen molar-refractivity contribution in [2.24, 2.45) is 0 Å². The van der Waals surface area contributed by atoms with Crippen LogP contribution in [-0.4, -0.2) is 20.7 Å². The fourth-order valence-corrected chi connectivity index (χ4v) is 2.97. The van der Waals surface area contributed by atoms with Gasteiger partial charge in [-0.2, -0.15) is 17.9 Å². The Bertz CT molecular complexity index is 766. The number of hydrogen-bond donors (Lipinski definition) is 1. The van der Waals surface area contributed by atoms with Gasteiger partial charge in [0.15, 0.2) is 0 Å². The summed E-state index contributed by atoms with van der Waals surface area (Å²) in [5.74, 6) is -2.21. The van der Waals surface area contributed by atoms with Crippen LogP contribution in [0.15, 0.2) is 22.6 Å². The van der Waals surface area contributed by atoms with Crippen LogP contribution < -0.4 is 4.72 Å². The average Bonchev–Trinajstić information content (AvgIpc) is 2.93. The minimum absolute atomic E-state index is 0.0338. The van der Waals surface area contributed by atoms with Crippen LogP contribution in [0.2, 0.25) is 0 Å². The highest BCUT2D eigenvalue weighted by Gasteiger charge is 2.34. The third kappa shape index (κ3) is 4.48. The van der Waals surface area contributed by atoms with E-state index < -0.39 is 45.6 Å². The minimum Gasteiger partial charge on any atom is -0.592 e. The van der Waals surface area contributed by atoms with Gasteiger partial charge in [-0.15, -0.1) is 10.2 Å². The molecule has 1 aromatic carbocycles. The van der Waals surface area contributed by atoms with E-state index in [0.29, 0.717) is 12.1 Å². The Morgan fingerprint density at radius 1 is 1.40 bits per heavy atom. The molecule has 0 radical (unpaired) electrons. The number of halogens is 4. The summed E-state index contributed by atoms with van der Waals surface area (Å²) in [6.07, 6.45) is -4.47. The van der Waals surface area contributed by atoms with Gasteiger partial charge in [0.2, 0.25) is 11.1 Å². The van der Waals surface area contributed by atoms with E-state index in [4.69, 9.17) is 4.42 Å². The maximum absolute atomic E-state index is 13.8. The number of amides is 1. The Labute approximate surface area is 142 Å². The molecule has 0 saturated heterocycles. The predicted molar refractivity (Wildman–Crippen MR) is 79.1 cm³/mol. The van der Waals surface area contributed by atoms with Gasteiger partial charge in [-0.3, -0.25) is 4.79 Å². The molecule has 2 rings (SSSR count). The van der Waals surface area contributed by atoms with Crippen molar-refractivity contribution in [1.82, 2.24) is 14.9 Å². The van der Waals surface area contributed by atoms with Crippen molar-refractivity contribution in [1.29, 1.82) is 0 Å². The molecule has 2 atom stereocenters. The van der Waals surface area contributed by atoms with Crippen LogP contribution in [-0.2, 0) is 17.5 Å². The van der Waals surface area contributed by atoms with Crippen LogP contribution in [0, 0.1) is 12.7 Å². The number of aromatic nitrogens is 2. The zero-order valence-electron chi connectivity index (χ0n) is 13.1. The number of nitrogens with one attached hydrogen (secondary N) is 1. The summed E-state index contributed by atoms with van der Waals surface area (Å²) in [6.45, 7) is 3.19. The fraction of sp³-hybridized carbons (Fsp3) is 0.357. The van der Waals surface area contributed by atoms with E-state index in [2.05, 4.69) is 10.2 Å². The van der Waals surface area contributed by atoms with E-state index in [9.17, 15) is 26.9 Å². The van der Waals surface area contributed by atoms with Crippen molar-refractivity contribution in [3.05, 3.63) is 46.9 Å². The Morgan fingerprint density at radius 3 is 2.56 bits per heavy atom. The van der Waals surface area contributed by atoms with E-state index in [1.165, 1.54) is 6.92 Å². The van der Waals surface area contributed by atoms with Gasteiger partial charge in [0.1, 0.15) is 5.82 Å². The largest absolute Gasteiger partial charge is 0.592 e. The van der Waals surface area contributed by atoms with Crippen molar-refractivity contribution >= 4 is 17.3 Å². The van der Waals surface area contributed by atoms with E-state index in [-0.39, 0.29) is 24.3 Å². The van der Waals surface area contributed by atoms with Gasteiger partial charge < -0.3 is 8.97 Å². The first-order valence-corrected chi connectivity index (χ1v) is 8.23. The maximum Gasteiger partial charge on any atom is 0.416 e. The van der Waals surface area contributed by atoms with E-state index >= 15 is 0 Å². The van der Waals surface area contributed by atoms with Crippen LogP contribution in [0.1, 0.15) is 46.3 Å². The van der Waals surface area contributed by atoms with Gasteiger partial charge in [0, 0.05) is 13.3 Å². The highest BCUT2D eigenvalue weighted by Crippen LogP contribution is 2.30. The quantitative estimate of drug-likeness (QED) is 0.637. The molecule has 25 heavy (non-hydrogen) atoms. The van der Waals surface area contributed by atoms with Crippen LogP contribution in [0.3, 0.4) is 0 Å². The van der Waals surface area contributed by atoms with Crippen LogP contribution in [0.5, 0.6) is 0 Å². The molecule has 6 nitrogen and oxygen atoms in total. The zero-order valence-corrected chi connectivity index (χ0v) is 13.9. The summed E-state index contributed by atoms with van der Waals surface area (Å²) in [4.78, 5) is 12.0. The molecule has 1 amide bonds. The Morgan fingerprint density at radius 2 is 2.08 bits per heavy atom. The molecule has 2 aromatic rings. The number of nitrogens with zero attached hydrogens (tertiary/aromatic N) is 2. The second-order valence-corrected chi connectivity index (χ2v) is 6.35. The third-order valence-electron chi connectivity index (χ3n) is 3.18. The summed E-state index contributed by atoms with van der Waals surface area (Å²) in [7, 11) is 0. The second kappa shape index (κ2) is 7.40. The Hall–Kier alpha value is -2.14. The number of aryl methyl sites for hydroxylation is 1. The number of benzene rings is 1. The van der Waals surface area contributed by atoms with Crippen molar-refractivity contribution in [3.63, 3.8) is 0 Å². The summed E-state index contributed by atoms with van der Waals surface area (Å²) in [6, 6.07) is 1.46. The minimum atomic E-state index is -4.73. The van der Waals surface area contributed by atoms with E-state index in [1.54, 1.807) is 6.92 Å². The number of hydrogen-bond acceptors (Lipinski definition) is 5. The van der Waals surface area contributed by atoms with Gasteiger partial charge in [-0.05, 0) is 18.2 Å². The lowest BCUT2D eigenvalue weighted by atomic mass is 10.1. The highest BCUT2D eigenvalue weighted by molar-refractivity contribution is 7.90. The summed E-state index contributed by atoms with van der Waals surface area (Å²) in [5, 5.41) is 6.47. The molecule has 2 unspecified atom stereocenters. The first kappa shape index (κ1) is 19.2. The molecule has 11 heteroatoms. The van der Waals surface area contributed by atoms with Crippen LogP contribution >= 0.6 is 0 Å². The summed E-state index contributed by atoms with van der Waals surface area (Å²) in [5.41, 5.74) is -1.88. The molecule has 1 heterocycles. The fourth-order valence-electron chi connectivity index (χ4n) is 1.95. The molecule has 1 aromatic heterocycles. The molecule has 0 fully saturated rings. The van der Waals surface area contributed by atoms with Crippen molar-refractivity contribution in [3.8, 4) is 0 Å². The van der Waals surface area contributed by atoms with Gasteiger partial charge in [-0.1, -0.05) is 6.92 Å². The van der Waals surface area contributed by atoms with Gasteiger partial charge in [-0.25, -0.2) is 4.39 Å². The summed E-state index contributed by atoms with van der Waals surface area (Å²) >= 11 is -2.04. The average molecular weight is 379 g/mol. The maximum atomic E-state index is 13.8. The standard InChI is InChI=1S/C14H13F4N3O3S/c1-3-11(13-20-19-7(2)24-13)25(23)21-12(22)9-5-4-8(6-10(9)15)14(16,17)18/h4-6,11H,3H2,1-2H3,(H,21,22). The zero-order chi connectivity index (χ0) is 18.8. The Balaban J connectivity index is 2.15. The number of carbonyl (C=O) groups excluding carboxylic acids is 1. The smallest absolute Gasteiger partial charge is 0.416 e. The second-order valence-electron chi connectivity index (χ2n) is 4.98. The van der Waals surface area contributed by atoms with Crippen LogP contribution in [0.4, 0.5) is 17.6 Å². The first-order chi connectivity index (χ1) is 11.6. The molecule has 0 aliphatic rings. The van der Waals surface area contributed by atoms with E-state index in [0.717, 1.165) is 0 Å². The normalized spacial score (nSPS) is 14.2. The van der Waals surface area contributed by atoms with Crippen molar-refractivity contribution in [2.75, 3.05) is 0 Å². The lowest BCUT2D eigenvalue weighted by molar-refractivity contribution is -0.137. The number of alkyl halides is 3. The predicted octanol–water partition coefficient (Wildman–Crippen LogP) is 3.08. The summed E-state index contributed by atoms with van der Waals surface area (Å²) < 4.78 is 70.8.